The first-order chi connectivity index (χ1) is 9.55. The molecule has 0 rings (SSSR count). The van der Waals surface area contributed by atoms with Gasteiger partial charge in [0.15, 0.2) is 0 Å². The van der Waals surface area contributed by atoms with Gasteiger partial charge in [-0.05, 0) is 25.2 Å². The van der Waals surface area contributed by atoms with Crippen LogP contribution in [-0.4, -0.2) is 44.2 Å². The maximum atomic E-state index is 11.4. The van der Waals surface area contributed by atoms with Crippen LogP contribution in [-0.2, 0) is 19.4 Å². The topological polar surface area (TPSA) is 80.7 Å². The molecular formula is C15H28O5S. The molecule has 0 spiro atoms. The molecule has 0 aliphatic rings. The summed E-state index contributed by atoms with van der Waals surface area (Å²) in [6.45, 7) is 9.35. The molecule has 0 aromatic rings. The first kappa shape index (κ1) is 20.1. The fraction of sp³-hybridized carbons (Fsp3) is 0.800. The van der Waals surface area contributed by atoms with Gasteiger partial charge in [-0.3, -0.25) is 0 Å². The van der Waals surface area contributed by atoms with Crippen molar-refractivity contribution in [3.8, 4) is 0 Å². The van der Waals surface area contributed by atoms with Crippen LogP contribution in [0.3, 0.4) is 0 Å². The van der Waals surface area contributed by atoms with E-state index in [2.05, 4.69) is 6.58 Å². The molecule has 0 saturated carbocycles. The molecule has 1 atom stereocenters. The average Bonchev–Trinajstić information content (AvgIpc) is 2.34. The standard InChI is InChI=1S/C15H28O5S/c1-6-15(7-2,8-9-20-14(17)12(3)4)10-13(16)11-21(5,18)19/h13,16H,3,6-11H2,1-2,4-5H3. The molecule has 5 nitrogen and oxygen atoms in total. The third-order valence-corrected chi connectivity index (χ3v) is 4.87. The predicted molar refractivity (Wildman–Crippen MR) is 83.7 cm³/mol. The van der Waals surface area contributed by atoms with E-state index in [1.165, 1.54) is 0 Å². The average molecular weight is 320 g/mol. The smallest absolute Gasteiger partial charge is 0.333 e. The molecule has 0 aliphatic heterocycles. The molecule has 21 heavy (non-hydrogen) atoms. The zero-order valence-electron chi connectivity index (χ0n) is 13.5. The Hall–Kier alpha value is -0.880. The summed E-state index contributed by atoms with van der Waals surface area (Å²) in [6.07, 6.45) is 2.78. The van der Waals surface area contributed by atoms with E-state index < -0.39 is 21.9 Å². The van der Waals surface area contributed by atoms with Gasteiger partial charge in [-0.25, -0.2) is 13.2 Å². The zero-order valence-corrected chi connectivity index (χ0v) is 14.3. The summed E-state index contributed by atoms with van der Waals surface area (Å²) in [6, 6.07) is 0. The maximum absolute atomic E-state index is 11.4. The molecule has 0 radical (unpaired) electrons. The van der Waals surface area contributed by atoms with Crippen LogP contribution in [0.1, 0.15) is 46.5 Å². The van der Waals surface area contributed by atoms with Crippen molar-refractivity contribution in [1.82, 2.24) is 0 Å². The second-order valence-electron chi connectivity index (χ2n) is 5.82. The first-order valence-electron chi connectivity index (χ1n) is 7.23. The normalized spacial score (nSPS) is 13.8. The van der Waals surface area contributed by atoms with Gasteiger partial charge in [0.1, 0.15) is 9.84 Å². The lowest BCUT2D eigenvalue weighted by molar-refractivity contribution is -0.139. The van der Waals surface area contributed by atoms with Crippen LogP contribution < -0.4 is 0 Å². The fourth-order valence-corrected chi connectivity index (χ4v) is 3.20. The van der Waals surface area contributed by atoms with Crippen molar-refractivity contribution in [2.45, 2.75) is 52.6 Å². The summed E-state index contributed by atoms with van der Waals surface area (Å²) in [5.41, 5.74) is 0.130. The number of sulfone groups is 1. The maximum Gasteiger partial charge on any atom is 0.333 e. The lowest BCUT2D eigenvalue weighted by Crippen LogP contribution is -2.31. The third kappa shape index (κ3) is 8.21. The number of hydrogen-bond donors (Lipinski definition) is 1. The molecule has 0 fully saturated rings. The van der Waals surface area contributed by atoms with Gasteiger partial charge in [-0.1, -0.05) is 33.3 Å². The van der Waals surface area contributed by atoms with E-state index in [4.69, 9.17) is 4.74 Å². The van der Waals surface area contributed by atoms with E-state index in [0.717, 1.165) is 19.1 Å². The van der Waals surface area contributed by atoms with Crippen molar-refractivity contribution in [1.29, 1.82) is 0 Å². The second-order valence-corrected chi connectivity index (χ2v) is 8.01. The van der Waals surface area contributed by atoms with Gasteiger partial charge >= 0.3 is 5.97 Å². The minimum atomic E-state index is -3.20. The Kier molecular flexibility index (Phi) is 8.18. The minimum absolute atomic E-state index is 0.223. The van der Waals surface area contributed by atoms with Gasteiger partial charge in [0.05, 0.1) is 18.5 Å². The Bertz CT molecular complexity index is 449. The van der Waals surface area contributed by atoms with E-state index in [1.54, 1.807) is 6.92 Å². The lowest BCUT2D eigenvalue weighted by atomic mass is 9.75. The van der Waals surface area contributed by atoms with Crippen LogP contribution in [0, 0.1) is 5.41 Å². The van der Waals surface area contributed by atoms with E-state index in [0.29, 0.717) is 18.4 Å². The second kappa shape index (κ2) is 8.54. The SMILES string of the molecule is C=C(C)C(=O)OCCC(CC)(CC)CC(O)CS(C)(=O)=O. The number of hydrogen-bond acceptors (Lipinski definition) is 5. The molecule has 0 aliphatic carbocycles. The highest BCUT2D eigenvalue weighted by Gasteiger charge is 2.30. The van der Waals surface area contributed by atoms with E-state index in [9.17, 15) is 18.3 Å². The summed E-state index contributed by atoms with van der Waals surface area (Å²) in [5.74, 6) is -0.659. The quantitative estimate of drug-likeness (QED) is 0.492. The lowest BCUT2D eigenvalue weighted by Gasteiger charge is -2.33. The van der Waals surface area contributed by atoms with Crippen molar-refractivity contribution in [2.75, 3.05) is 18.6 Å². The van der Waals surface area contributed by atoms with Gasteiger partial charge < -0.3 is 9.84 Å². The zero-order chi connectivity index (χ0) is 16.7. The molecule has 0 saturated heterocycles. The fourth-order valence-electron chi connectivity index (χ4n) is 2.39. The molecule has 1 N–H and O–H groups in total. The third-order valence-electron chi connectivity index (χ3n) is 3.88. The number of carbonyl (C=O) groups excluding carboxylic acids is 1. The molecule has 0 aromatic carbocycles. The first-order valence-corrected chi connectivity index (χ1v) is 9.29. The largest absolute Gasteiger partial charge is 0.462 e. The summed E-state index contributed by atoms with van der Waals surface area (Å²) in [5, 5.41) is 9.98. The molecule has 0 amide bonds. The van der Waals surface area contributed by atoms with Crippen LogP contribution >= 0.6 is 0 Å². The van der Waals surface area contributed by atoms with E-state index in [1.807, 2.05) is 13.8 Å². The summed E-state index contributed by atoms with van der Waals surface area (Å²) in [7, 11) is -3.20. The summed E-state index contributed by atoms with van der Waals surface area (Å²) >= 11 is 0. The molecule has 6 heteroatoms. The Morgan fingerprint density at radius 1 is 1.33 bits per heavy atom. The highest BCUT2D eigenvalue weighted by Crippen LogP contribution is 2.36. The van der Waals surface area contributed by atoms with Gasteiger partial charge in [0, 0.05) is 11.8 Å². The van der Waals surface area contributed by atoms with Crippen molar-refractivity contribution in [3.63, 3.8) is 0 Å². The summed E-state index contributed by atoms with van der Waals surface area (Å²) in [4.78, 5) is 11.4. The Balaban J connectivity index is 4.62. The van der Waals surface area contributed by atoms with Gasteiger partial charge in [-0.2, -0.15) is 0 Å². The van der Waals surface area contributed by atoms with Crippen molar-refractivity contribution in [3.05, 3.63) is 12.2 Å². The van der Waals surface area contributed by atoms with Crippen molar-refractivity contribution in [2.24, 2.45) is 5.41 Å². The van der Waals surface area contributed by atoms with Crippen LogP contribution in [0.2, 0.25) is 0 Å². The molecular weight excluding hydrogens is 292 g/mol. The highest BCUT2D eigenvalue weighted by molar-refractivity contribution is 7.90. The number of carbonyl (C=O) groups is 1. The van der Waals surface area contributed by atoms with E-state index in [-0.39, 0.29) is 17.8 Å². The molecule has 124 valence electrons. The van der Waals surface area contributed by atoms with Crippen molar-refractivity contribution < 1.29 is 23.1 Å². The summed E-state index contributed by atoms with van der Waals surface area (Å²) < 4.78 is 27.6. The minimum Gasteiger partial charge on any atom is -0.462 e. The molecule has 1 unspecified atom stereocenters. The van der Waals surface area contributed by atoms with Crippen LogP contribution in [0.4, 0.5) is 0 Å². The monoisotopic (exact) mass is 320 g/mol. The number of aliphatic hydroxyl groups is 1. The number of esters is 1. The Labute approximate surface area is 128 Å². The number of aliphatic hydroxyl groups excluding tert-OH is 1. The van der Waals surface area contributed by atoms with Gasteiger partial charge in [-0.15, -0.1) is 0 Å². The van der Waals surface area contributed by atoms with Crippen LogP contribution in [0.5, 0.6) is 0 Å². The molecule has 0 heterocycles. The Morgan fingerprint density at radius 2 is 1.86 bits per heavy atom. The van der Waals surface area contributed by atoms with Gasteiger partial charge in [0.25, 0.3) is 0 Å². The number of rotatable bonds is 10. The van der Waals surface area contributed by atoms with Crippen LogP contribution in [0.25, 0.3) is 0 Å². The van der Waals surface area contributed by atoms with Crippen LogP contribution in [0.15, 0.2) is 12.2 Å². The van der Waals surface area contributed by atoms with E-state index >= 15 is 0 Å². The highest BCUT2D eigenvalue weighted by atomic mass is 32.2. The molecule has 0 aromatic heterocycles. The number of ether oxygens (including phenoxy) is 1. The predicted octanol–water partition coefficient (Wildman–Crippen LogP) is 2.10. The van der Waals surface area contributed by atoms with Gasteiger partial charge in [0.2, 0.25) is 0 Å². The molecule has 0 bridgehead atoms. The Morgan fingerprint density at radius 3 is 2.24 bits per heavy atom. The van der Waals surface area contributed by atoms with Crippen molar-refractivity contribution >= 4 is 15.8 Å².